The van der Waals surface area contributed by atoms with Crippen molar-refractivity contribution in [1.29, 1.82) is 0 Å². The number of rotatable bonds is 5. The topological polar surface area (TPSA) is 32.8 Å². The lowest BCUT2D eigenvalue weighted by molar-refractivity contribution is -0.135. The molecule has 1 atom stereocenters. The largest absolute Gasteiger partial charge is 0.384 e. The summed E-state index contributed by atoms with van der Waals surface area (Å²) < 4.78 is 5.07. The minimum Gasteiger partial charge on any atom is -0.384 e. The van der Waals surface area contributed by atoms with Crippen molar-refractivity contribution < 1.29 is 9.53 Å². The average Bonchev–Trinajstić information content (AvgIpc) is 3.52. The molecule has 0 radical (unpaired) electrons. The van der Waals surface area contributed by atoms with Gasteiger partial charge in [0.05, 0.1) is 13.0 Å². The normalized spacial score (nSPS) is 26.2. The highest BCUT2D eigenvalue weighted by atomic mass is 16.5. The van der Waals surface area contributed by atoms with Crippen LogP contribution in [0.2, 0.25) is 0 Å². The molecule has 4 heteroatoms. The van der Waals surface area contributed by atoms with E-state index in [9.17, 15) is 4.79 Å². The summed E-state index contributed by atoms with van der Waals surface area (Å²) in [6, 6.07) is 11.9. The van der Waals surface area contributed by atoms with Gasteiger partial charge in [-0.3, -0.25) is 9.69 Å². The summed E-state index contributed by atoms with van der Waals surface area (Å²) in [5, 5.41) is 0. The van der Waals surface area contributed by atoms with Crippen molar-refractivity contribution in [1.82, 2.24) is 9.80 Å². The lowest BCUT2D eigenvalue weighted by Crippen LogP contribution is -2.53. The van der Waals surface area contributed by atoms with Gasteiger partial charge in [-0.1, -0.05) is 30.3 Å². The summed E-state index contributed by atoms with van der Waals surface area (Å²) in [7, 11) is 1.66. The van der Waals surface area contributed by atoms with E-state index in [1.54, 1.807) is 7.11 Å². The molecule has 0 aromatic heterocycles. The molecule has 3 aliphatic rings. The van der Waals surface area contributed by atoms with E-state index in [0.717, 1.165) is 32.0 Å². The van der Waals surface area contributed by atoms with Crippen molar-refractivity contribution in [2.45, 2.75) is 50.5 Å². The number of ether oxygens (including phenoxy) is 1. The molecule has 4 rings (SSSR count). The van der Waals surface area contributed by atoms with E-state index in [2.05, 4.69) is 40.1 Å². The van der Waals surface area contributed by atoms with Crippen LogP contribution in [0.3, 0.4) is 0 Å². The van der Waals surface area contributed by atoms with Gasteiger partial charge in [0.25, 0.3) is 0 Å². The molecular weight excluding hydrogens is 324 g/mol. The van der Waals surface area contributed by atoms with Crippen LogP contribution >= 0.6 is 0 Å². The lowest BCUT2D eigenvalue weighted by Gasteiger charge is -2.50. The summed E-state index contributed by atoms with van der Waals surface area (Å²) in [4.78, 5) is 17.2. The zero-order valence-electron chi connectivity index (χ0n) is 16.0. The van der Waals surface area contributed by atoms with Gasteiger partial charge in [-0.25, -0.2) is 0 Å². The Hall–Kier alpha value is -1.39. The second kappa shape index (κ2) is 7.69. The zero-order chi connectivity index (χ0) is 18.0. The number of nitrogens with zero attached hydrogens (tertiary/aromatic N) is 2. The van der Waals surface area contributed by atoms with Crippen molar-refractivity contribution in [3.8, 4) is 0 Å². The Bertz CT molecular complexity index is 606. The fourth-order valence-electron chi connectivity index (χ4n) is 5.04. The van der Waals surface area contributed by atoms with E-state index in [0.29, 0.717) is 24.4 Å². The first-order valence-electron chi connectivity index (χ1n) is 10.2. The Morgan fingerprint density at radius 1 is 1.19 bits per heavy atom. The molecule has 1 aliphatic carbocycles. The van der Waals surface area contributed by atoms with Crippen molar-refractivity contribution in [2.24, 2.45) is 5.41 Å². The standard InChI is InChI=1S/C22H32N2O2/c1-26-14-9-21(25)23-12-10-22(11-13-23)15-19(18-5-3-2-4-6-18)16-24(17-22)20-7-8-20/h2-6,19-20H,7-17H2,1H3. The van der Waals surface area contributed by atoms with Crippen LogP contribution in [0.4, 0.5) is 0 Å². The van der Waals surface area contributed by atoms with E-state index in [4.69, 9.17) is 4.74 Å². The van der Waals surface area contributed by atoms with E-state index in [-0.39, 0.29) is 5.91 Å². The number of benzene rings is 1. The summed E-state index contributed by atoms with van der Waals surface area (Å²) >= 11 is 0. The molecule has 2 heterocycles. The van der Waals surface area contributed by atoms with Gasteiger partial charge >= 0.3 is 0 Å². The van der Waals surface area contributed by atoms with Crippen molar-refractivity contribution in [2.75, 3.05) is 39.9 Å². The SMILES string of the molecule is COCCC(=O)N1CCC2(CC1)CC(c1ccccc1)CN(C1CC1)C2. The highest BCUT2D eigenvalue weighted by molar-refractivity contribution is 5.76. The summed E-state index contributed by atoms with van der Waals surface area (Å²) in [5.41, 5.74) is 1.88. The average molecular weight is 357 g/mol. The monoisotopic (exact) mass is 356 g/mol. The molecule has 1 aromatic carbocycles. The lowest BCUT2D eigenvalue weighted by atomic mass is 9.68. The van der Waals surface area contributed by atoms with Gasteiger partial charge in [0.2, 0.25) is 5.91 Å². The predicted octanol–water partition coefficient (Wildman–Crippen LogP) is 3.28. The maximum atomic E-state index is 12.3. The number of piperidine rings is 2. The fourth-order valence-corrected chi connectivity index (χ4v) is 5.04. The Labute approximate surface area is 157 Å². The van der Waals surface area contributed by atoms with Crippen molar-refractivity contribution in [3.63, 3.8) is 0 Å². The summed E-state index contributed by atoms with van der Waals surface area (Å²) in [6.07, 6.45) is 6.85. The smallest absolute Gasteiger partial charge is 0.224 e. The van der Waals surface area contributed by atoms with Crippen LogP contribution in [0.1, 0.15) is 50.0 Å². The molecule has 1 amide bonds. The molecule has 1 saturated carbocycles. The third-order valence-electron chi connectivity index (χ3n) is 6.70. The van der Waals surface area contributed by atoms with E-state index >= 15 is 0 Å². The Morgan fingerprint density at radius 3 is 2.58 bits per heavy atom. The Morgan fingerprint density at radius 2 is 1.92 bits per heavy atom. The molecule has 1 aromatic rings. The van der Waals surface area contributed by atoms with Gasteiger partial charge in [-0.15, -0.1) is 0 Å². The Kier molecular flexibility index (Phi) is 5.32. The number of amides is 1. The van der Waals surface area contributed by atoms with Gasteiger partial charge in [-0.2, -0.15) is 0 Å². The molecule has 1 spiro atoms. The van der Waals surface area contributed by atoms with Crippen LogP contribution in [0.25, 0.3) is 0 Å². The third-order valence-corrected chi connectivity index (χ3v) is 6.70. The molecule has 4 nitrogen and oxygen atoms in total. The van der Waals surface area contributed by atoms with E-state index in [1.165, 1.54) is 37.9 Å². The van der Waals surface area contributed by atoms with Crippen LogP contribution in [-0.4, -0.2) is 61.6 Å². The van der Waals surface area contributed by atoms with Crippen LogP contribution in [0.15, 0.2) is 30.3 Å². The fraction of sp³-hybridized carbons (Fsp3) is 0.682. The maximum absolute atomic E-state index is 12.3. The van der Waals surface area contributed by atoms with Crippen LogP contribution in [-0.2, 0) is 9.53 Å². The maximum Gasteiger partial charge on any atom is 0.224 e. The van der Waals surface area contributed by atoms with Crippen LogP contribution < -0.4 is 0 Å². The molecule has 142 valence electrons. The number of carbonyl (C=O) groups excluding carboxylic acids is 1. The highest BCUT2D eigenvalue weighted by Crippen LogP contribution is 2.47. The zero-order valence-corrected chi connectivity index (χ0v) is 16.0. The van der Waals surface area contributed by atoms with Crippen molar-refractivity contribution in [3.05, 3.63) is 35.9 Å². The Balaban J connectivity index is 1.44. The van der Waals surface area contributed by atoms with E-state index < -0.39 is 0 Å². The number of hydrogen-bond donors (Lipinski definition) is 0. The van der Waals surface area contributed by atoms with E-state index in [1.807, 2.05) is 0 Å². The molecule has 2 saturated heterocycles. The predicted molar refractivity (Wildman–Crippen MR) is 103 cm³/mol. The molecule has 26 heavy (non-hydrogen) atoms. The molecule has 2 aliphatic heterocycles. The summed E-state index contributed by atoms with van der Waals surface area (Å²) in [5.74, 6) is 0.900. The number of carbonyl (C=O) groups is 1. The van der Waals surface area contributed by atoms with Gasteiger partial charge in [0.15, 0.2) is 0 Å². The van der Waals surface area contributed by atoms with Crippen LogP contribution in [0, 0.1) is 5.41 Å². The minimum absolute atomic E-state index is 0.260. The molecular formula is C22H32N2O2. The summed E-state index contributed by atoms with van der Waals surface area (Å²) in [6.45, 7) is 4.82. The highest BCUT2D eigenvalue weighted by Gasteiger charge is 2.45. The second-order valence-electron chi connectivity index (χ2n) is 8.60. The van der Waals surface area contributed by atoms with Crippen LogP contribution in [0.5, 0.6) is 0 Å². The van der Waals surface area contributed by atoms with Gasteiger partial charge in [-0.05, 0) is 49.0 Å². The molecule has 0 N–H and O–H groups in total. The third kappa shape index (κ3) is 3.96. The number of hydrogen-bond acceptors (Lipinski definition) is 3. The quantitative estimate of drug-likeness (QED) is 0.812. The van der Waals surface area contributed by atoms with Crippen molar-refractivity contribution >= 4 is 5.91 Å². The molecule has 3 fully saturated rings. The van der Waals surface area contributed by atoms with Gasteiger partial charge in [0.1, 0.15) is 0 Å². The molecule has 1 unspecified atom stereocenters. The first-order valence-corrected chi connectivity index (χ1v) is 10.2. The number of likely N-dealkylation sites (tertiary alicyclic amines) is 2. The first-order chi connectivity index (χ1) is 12.7. The molecule has 0 bridgehead atoms. The van der Waals surface area contributed by atoms with Gasteiger partial charge < -0.3 is 9.64 Å². The number of methoxy groups -OCH3 is 1. The second-order valence-corrected chi connectivity index (χ2v) is 8.60. The first kappa shape index (κ1) is 18.0. The van der Waals surface area contributed by atoms with Gasteiger partial charge in [0, 0.05) is 39.3 Å². The minimum atomic E-state index is 0.260.